The summed E-state index contributed by atoms with van der Waals surface area (Å²) >= 11 is 0. The first-order valence-corrected chi connectivity index (χ1v) is 3.71. The van der Waals surface area contributed by atoms with E-state index in [1.165, 1.54) is 0 Å². The molecule has 1 heterocycles. The van der Waals surface area contributed by atoms with E-state index in [0.29, 0.717) is 5.71 Å². The zero-order valence-electron chi connectivity index (χ0n) is 6.58. The molecule has 2 nitrogen and oxygen atoms in total. The molecule has 0 amide bonds. The van der Waals surface area contributed by atoms with Gasteiger partial charge in [0.1, 0.15) is 0 Å². The summed E-state index contributed by atoms with van der Waals surface area (Å²) in [4.78, 5) is 15.0. The van der Waals surface area contributed by atoms with Crippen molar-refractivity contribution in [1.82, 2.24) is 0 Å². The number of allylic oxidation sites excluding steroid dienone is 3. The molecule has 1 aliphatic rings. The number of hydrogen-bond acceptors (Lipinski definition) is 2. The molecule has 58 valence electrons. The van der Waals surface area contributed by atoms with Gasteiger partial charge in [0.15, 0.2) is 5.78 Å². The minimum Gasteiger partial charge on any atom is -0.288 e. The average Bonchev–Trinajstić information content (AvgIpc) is 2.07. The lowest BCUT2D eigenvalue weighted by Gasteiger charge is -1.88. The predicted molar refractivity (Wildman–Crippen MR) is 45.6 cm³/mol. The van der Waals surface area contributed by atoms with Crippen molar-refractivity contribution < 1.29 is 4.79 Å². The Hall–Kier alpha value is -1.18. The monoisotopic (exact) mass is 149 g/mol. The molecule has 0 radical (unpaired) electrons. The molecule has 0 unspecified atom stereocenters. The van der Waals surface area contributed by atoms with E-state index in [2.05, 4.69) is 4.99 Å². The van der Waals surface area contributed by atoms with Crippen LogP contribution >= 0.6 is 0 Å². The van der Waals surface area contributed by atoms with Crippen molar-refractivity contribution >= 4 is 11.5 Å². The Morgan fingerprint density at radius 1 is 1.36 bits per heavy atom. The lowest BCUT2D eigenvalue weighted by molar-refractivity contribution is -0.108. The first-order valence-electron chi connectivity index (χ1n) is 3.71. The van der Waals surface area contributed by atoms with Gasteiger partial charge in [0.2, 0.25) is 0 Å². The van der Waals surface area contributed by atoms with Crippen LogP contribution in [0.5, 0.6) is 0 Å². The Morgan fingerprint density at radius 3 is 2.91 bits per heavy atom. The summed E-state index contributed by atoms with van der Waals surface area (Å²) in [7, 11) is 0. The highest BCUT2D eigenvalue weighted by Gasteiger charge is 1.99. The lowest BCUT2D eigenvalue weighted by atomic mass is 10.2. The Morgan fingerprint density at radius 2 is 2.09 bits per heavy atom. The Kier molecular flexibility index (Phi) is 2.78. The highest BCUT2D eigenvalue weighted by atomic mass is 16.1. The predicted octanol–water partition coefficient (Wildman–Crippen LogP) is 1.88. The van der Waals surface area contributed by atoms with Crippen molar-refractivity contribution in [3.8, 4) is 0 Å². The van der Waals surface area contributed by atoms with Gasteiger partial charge in [-0.3, -0.25) is 9.79 Å². The molecular formula is C9H11NO. The summed E-state index contributed by atoms with van der Waals surface area (Å²) in [5, 5.41) is 0. The molecule has 2 heteroatoms. The minimum absolute atomic E-state index is 0.0107. The van der Waals surface area contributed by atoms with E-state index < -0.39 is 0 Å². The standard InChI is InChI=1S/C9H11NO/c1-8-9(11)6-4-2-3-5-7-10-8/h4-7H,2-3H2,1H3/b6-4+,7-5+,10-8?. The van der Waals surface area contributed by atoms with Crippen LogP contribution in [0.3, 0.4) is 0 Å². The second kappa shape index (κ2) is 3.86. The SMILES string of the molecule is CC1=N/C=C/CC/C=C/C1=O. The van der Waals surface area contributed by atoms with Gasteiger partial charge in [-0.2, -0.15) is 0 Å². The molecule has 0 spiro atoms. The number of carbonyl (C=O) groups is 1. The summed E-state index contributed by atoms with van der Waals surface area (Å²) in [6, 6.07) is 0. The average molecular weight is 149 g/mol. The van der Waals surface area contributed by atoms with E-state index in [1.54, 1.807) is 19.2 Å². The van der Waals surface area contributed by atoms with Crippen LogP contribution in [-0.4, -0.2) is 11.5 Å². The summed E-state index contributed by atoms with van der Waals surface area (Å²) < 4.78 is 0. The fraction of sp³-hybridized carbons (Fsp3) is 0.333. The first-order chi connectivity index (χ1) is 5.30. The quantitative estimate of drug-likeness (QED) is 0.517. The van der Waals surface area contributed by atoms with Gasteiger partial charge in [-0.25, -0.2) is 0 Å². The molecule has 1 aliphatic heterocycles. The largest absolute Gasteiger partial charge is 0.288 e. The summed E-state index contributed by atoms with van der Waals surface area (Å²) in [6.07, 6.45) is 9.02. The number of rotatable bonds is 0. The van der Waals surface area contributed by atoms with Crippen LogP contribution in [0.25, 0.3) is 0 Å². The van der Waals surface area contributed by atoms with Gasteiger partial charge < -0.3 is 0 Å². The maximum Gasteiger partial charge on any atom is 0.199 e. The number of carbonyl (C=O) groups excluding carboxylic acids is 1. The van der Waals surface area contributed by atoms with E-state index in [4.69, 9.17) is 0 Å². The van der Waals surface area contributed by atoms with Gasteiger partial charge in [0, 0.05) is 6.20 Å². The lowest BCUT2D eigenvalue weighted by Crippen LogP contribution is -2.04. The smallest absolute Gasteiger partial charge is 0.199 e. The number of nitrogens with zero attached hydrogens (tertiary/aromatic N) is 1. The van der Waals surface area contributed by atoms with Gasteiger partial charge in [-0.1, -0.05) is 12.2 Å². The van der Waals surface area contributed by atoms with Crippen molar-refractivity contribution in [2.24, 2.45) is 4.99 Å². The van der Waals surface area contributed by atoms with Crippen molar-refractivity contribution in [1.29, 1.82) is 0 Å². The van der Waals surface area contributed by atoms with Gasteiger partial charge >= 0.3 is 0 Å². The molecular weight excluding hydrogens is 138 g/mol. The maximum absolute atomic E-state index is 11.1. The van der Waals surface area contributed by atoms with E-state index in [9.17, 15) is 4.79 Å². The summed E-state index contributed by atoms with van der Waals surface area (Å²) in [5.74, 6) is 0.0107. The molecule has 11 heavy (non-hydrogen) atoms. The Labute approximate surface area is 66.3 Å². The van der Waals surface area contributed by atoms with Gasteiger partial charge in [0.25, 0.3) is 0 Å². The highest BCUT2D eigenvalue weighted by molar-refractivity contribution is 6.43. The van der Waals surface area contributed by atoms with E-state index in [1.807, 2.05) is 12.2 Å². The Bertz CT molecular complexity index is 236. The fourth-order valence-electron chi connectivity index (χ4n) is 0.806. The molecule has 0 N–H and O–H groups in total. The first kappa shape index (κ1) is 7.92. The van der Waals surface area contributed by atoms with Crippen molar-refractivity contribution in [2.45, 2.75) is 19.8 Å². The van der Waals surface area contributed by atoms with Crippen LogP contribution in [-0.2, 0) is 4.79 Å². The highest BCUT2D eigenvalue weighted by Crippen LogP contribution is 1.97. The Balaban J connectivity index is 2.80. The fourth-order valence-corrected chi connectivity index (χ4v) is 0.806. The van der Waals surface area contributed by atoms with Gasteiger partial charge in [-0.05, 0) is 25.8 Å². The van der Waals surface area contributed by atoms with E-state index in [-0.39, 0.29) is 5.78 Å². The summed E-state index contributed by atoms with van der Waals surface area (Å²) in [5.41, 5.74) is 0.555. The van der Waals surface area contributed by atoms with Gasteiger partial charge in [0.05, 0.1) is 5.71 Å². The zero-order valence-corrected chi connectivity index (χ0v) is 6.58. The van der Waals surface area contributed by atoms with Crippen LogP contribution in [0.1, 0.15) is 19.8 Å². The molecule has 0 aromatic heterocycles. The minimum atomic E-state index is 0.0107. The van der Waals surface area contributed by atoms with Crippen LogP contribution in [0.2, 0.25) is 0 Å². The number of aliphatic imine (C=N–C) groups is 1. The second-order valence-electron chi connectivity index (χ2n) is 2.44. The van der Waals surface area contributed by atoms with Crippen LogP contribution in [0.4, 0.5) is 0 Å². The molecule has 0 atom stereocenters. The van der Waals surface area contributed by atoms with Crippen LogP contribution in [0, 0.1) is 0 Å². The molecule has 1 rings (SSSR count). The third-order valence-electron chi connectivity index (χ3n) is 1.50. The molecule has 0 saturated heterocycles. The molecule has 0 aromatic carbocycles. The van der Waals surface area contributed by atoms with E-state index >= 15 is 0 Å². The summed E-state index contributed by atoms with van der Waals surface area (Å²) in [6.45, 7) is 1.72. The number of ketones is 1. The number of hydrogen-bond donors (Lipinski definition) is 0. The van der Waals surface area contributed by atoms with Crippen molar-refractivity contribution in [3.63, 3.8) is 0 Å². The van der Waals surface area contributed by atoms with Gasteiger partial charge in [-0.15, -0.1) is 0 Å². The third kappa shape index (κ3) is 2.50. The molecule has 0 saturated carbocycles. The third-order valence-corrected chi connectivity index (χ3v) is 1.50. The normalized spacial score (nSPS) is 24.5. The zero-order chi connectivity index (χ0) is 8.10. The van der Waals surface area contributed by atoms with Crippen LogP contribution in [0.15, 0.2) is 29.4 Å². The second-order valence-corrected chi connectivity index (χ2v) is 2.44. The molecule has 0 fully saturated rings. The van der Waals surface area contributed by atoms with Crippen molar-refractivity contribution in [3.05, 3.63) is 24.4 Å². The van der Waals surface area contributed by atoms with Crippen molar-refractivity contribution in [2.75, 3.05) is 0 Å². The van der Waals surface area contributed by atoms with Crippen LogP contribution < -0.4 is 0 Å². The maximum atomic E-state index is 11.1. The topological polar surface area (TPSA) is 29.4 Å². The molecule has 0 bridgehead atoms. The van der Waals surface area contributed by atoms with E-state index in [0.717, 1.165) is 12.8 Å². The molecule has 0 aliphatic carbocycles. The molecule has 0 aromatic rings.